The fourth-order valence-electron chi connectivity index (χ4n) is 7.93. The van der Waals surface area contributed by atoms with E-state index in [0.717, 1.165) is 17.6 Å². The summed E-state index contributed by atoms with van der Waals surface area (Å²) in [4.78, 5) is 0. The van der Waals surface area contributed by atoms with Crippen molar-refractivity contribution in [3.05, 3.63) is 138 Å². The molecule has 0 saturated carbocycles. The lowest BCUT2D eigenvalue weighted by molar-refractivity contribution is 0.390. The Morgan fingerprint density at radius 3 is 2.16 bits per heavy atom. The number of nitrogens with one attached hydrogen (secondary N) is 1. The van der Waals surface area contributed by atoms with E-state index in [4.69, 9.17) is 5.84 Å². The van der Waals surface area contributed by atoms with Crippen molar-refractivity contribution in [2.24, 2.45) is 0 Å². The predicted octanol–water partition coefficient (Wildman–Crippen LogP) is 9.31. The van der Waals surface area contributed by atoms with Crippen LogP contribution in [0, 0.1) is 0 Å². The van der Waals surface area contributed by atoms with Crippen molar-refractivity contribution in [3.63, 3.8) is 0 Å². The van der Waals surface area contributed by atoms with E-state index >= 15 is 0 Å². The van der Waals surface area contributed by atoms with Gasteiger partial charge in [0.1, 0.15) is 0 Å². The van der Waals surface area contributed by atoms with Gasteiger partial charge in [0.25, 0.3) is 0 Å². The number of rotatable bonds is 4. The fourth-order valence-corrected chi connectivity index (χ4v) is 7.93. The summed E-state index contributed by atoms with van der Waals surface area (Å²) in [6.45, 7) is 9.33. The Morgan fingerprint density at radius 1 is 0.698 bits per heavy atom. The van der Waals surface area contributed by atoms with Gasteiger partial charge < -0.3 is 11.2 Å². The number of nitrogen functional groups attached to an aromatic ring is 1. The molecule has 2 unspecified atom stereocenters. The van der Waals surface area contributed by atoms with Crippen LogP contribution in [-0.4, -0.2) is 10.7 Å². The van der Waals surface area contributed by atoms with E-state index in [-0.39, 0.29) is 16.9 Å². The minimum Gasteiger partial charge on any atom is -0.382 e. The average Bonchev–Trinajstić information content (AvgIpc) is 3.45. The van der Waals surface area contributed by atoms with E-state index in [1.165, 1.54) is 61.2 Å². The zero-order valence-corrected chi connectivity index (χ0v) is 25.3. The van der Waals surface area contributed by atoms with Gasteiger partial charge in [0, 0.05) is 33.5 Å². The second-order valence-corrected chi connectivity index (χ2v) is 13.2. The summed E-state index contributed by atoms with van der Waals surface area (Å²) in [5.41, 5.74) is 15.0. The van der Waals surface area contributed by atoms with Crippen molar-refractivity contribution in [2.45, 2.75) is 51.0 Å². The molecule has 3 N–H and O–H groups in total. The van der Waals surface area contributed by atoms with Gasteiger partial charge >= 0.3 is 0 Å². The molecule has 8 rings (SSSR count). The predicted molar refractivity (Wildman–Crippen MR) is 181 cm³/mol. The number of benzene rings is 5. The van der Waals surface area contributed by atoms with E-state index < -0.39 is 0 Å². The summed E-state index contributed by atoms with van der Waals surface area (Å²) in [5, 5.41) is 5.01. The quantitative estimate of drug-likeness (QED) is 0.211. The maximum absolute atomic E-state index is 7.06. The Bertz CT molecular complexity index is 2050. The summed E-state index contributed by atoms with van der Waals surface area (Å²) in [6, 6.07) is 42.2. The van der Waals surface area contributed by atoms with Crippen LogP contribution in [0.1, 0.15) is 50.1 Å². The van der Waals surface area contributed by atoms with Crippen molar-refractivity contribution >= 4 is 16.6 Å². The number of para-hydroxylation sites is 1. The third-order valence-corrected chi connectivity index (χ3v) is 10.4. The molecule has 2 atom stereocenters. The lowest BCUT2D eigenvalue weighted by atomic mass is 9.68. The zero-order valence-electron chi connectivity index (χ0n) is 25.3. The number of anilines is 1. The summed E-state index contributed by atoms with van der Waals surface area (Å²) in [7, 11) is 0. The molecule has 0 spiro atoms. The maximum atomic E-state index is 7.06. The fraction of sp³-hybridized carbons (Fsp3) is 0.200. The first-order chi connectivity index (χ1) is 20.8. The van der Waals surface area contributed by atoms with Crippen LogP contribution >= 0.6 is 0 Å². The molecule has 0 radical (unpaired) electrons. The molecule has 0 bridgehead atoms. The minimum absolute atomic E-state index is 0.00288. The Morgan fingerprint density at radius 2 is 1.35 bits per heavy atom. The Balaban J connectivity index is 1.30. The lowest BCUT2D eigenvalue weighted by Crippen LogP contribution is -2.46. The first kappa shape index (κ1) is 25.9. The molecule has 1 heterocycles. The third-order valence-electron chi connectivity index (χ3n) is 10.4. The second-order valence-electron chi connectivity index (χ2n) is 13.2. The third kappa shape index (κ3) is 3.67. The normalized spacial score (nSPS) is 18.4. The van der Waals surface area contributed by atoms with Crippen LogP contribution in [0.4, 0.5) is 5.69 Å². The first-order valence-electron chi connectivity index (χ1n) is 15.4. The highest BCUT2D eigenvalue weighted by atomic mass is 15.3. The standard InChI is InChI=1S/C40H37N3/c1-25(42-29-13-6-5-7-14-29)40(4)24-28-12-8-9-15-30(28)37-33-23-27(19-21-36(33)43(41)38(37)40)26-18-20-35-32(22-26)31-16-10-11-17-34(31)39(35,2)3/h5-23,25,42H,24,41H2,1-4H3. The Hall–Kier alpha value is -4.76. The summed E-state index contributed by atoms with van der Waals surface area (Å²) < 4.78 is 1.97. The van der Waals surface area contributed by atoms with E-state index in [2.05, 4.69) is 148 Å². The molecule has 212 valence electrons. The molecule has 2 aliphatic rings. The minimum atomic E-state index is -0.226. The van der Waals surface area contributed by atoms with Crippen LogP contribution < -0.4 is 11.2 Å². The van der Waals surface area contributed by atoms with Crippen molar-refractivity contribution in [2.75, 3.05) is 11.2 Å². The van der Waals surface area contributed by atoms with Gasteiger partial charge in [0.2, 0.25) is 0 Å². The smallest absolute Gasteiger partial charge is 0.0700 e. The van der Waals surface area contributed by atoms with Gasteiger partial charge in [-0.2, -0.15) is 0 Å². The number of hydrogen-bond donors (Lipinski definition) is 2. The Labute approximate surface area is 254 Å². The number of nitrogens with zero attached hydrogens (tertiary/aromatic N) is 1. The highest BCUT2D eigenvalue weighted by molar-refractivity contribution is 6.02. The SMILES string of the molecule is CC(Nc1ccccc1)C1(C)Cc2ccccc2-c2c1n(N)c1ccc(-c3ccc4c(c3)-c3ccccc3C4(C)C)cc21. The van der Waals surface area contributed by atoms with Gasteiger partial charge in [-0.3, -0.25) is 4.68 Å². The van der Waals surface area contributed by atoms with Gasteiger partial charge in [0.05, 0.1) is 11.2 Å². The van der Waals surface area contributed by atoms with Gasteiger partial charge in [0.15, 0.2) is 0 Å². The molecule has 1 aromatic heterocycles. The molecule has 0 fully saturated rings. The average molecular weight is 560 g/mol. The monoisotopic (exact) mass is 559 g/mol. The molecule has 2 aliphatic carbocycles. The van der Waals surface area contributed by atoms with Gasteiger partial charge in [-0.15, -0.1) is 0 Å². The van der Waals surface area contributed by atoms with E-state index in [1.807, 2.05) is 4.68 Å². The lowest BCUT2D eigenvalue weighted by Gasteiger charge is -2.41. The van der Waals surface area contributed by atoms with Crippen LogP contribution in [0.5, 0.6) is 0 Å². The van der Waals surface area contributed by atoms with Crippen molar-refractivity contribution in [3.8, 4) is 33.4 Å². The highest BCUT2D eigenvalue weighted by Crippen LogP contribution is 2.51. The van der Waals surface area contributed by atoms with E-state index in [0.29, 0.717) is 0 Å². The summed E-state index contributed by atoms with van der Waals surface area (Å²) in [6.07, 6.45) is 0.914. The first-order valence-corrected chi connectivity index (χ1v) is 15.4. The van der Waals surface area contributed by atoms with Crippen LogP contribution in [0.3, 0.4) is 0 Å². The molecular weight excluding hydrogens is 522 g/mol. The molecule has 3 nitrogen and oxygen atoms in total. The van der Waals surface area contributed by atoms with Gasteiger partial charge in [-0.1, -0.05) is 106 Å². The number of nitrogens with two attached hydrogens (primary N) is 1. The summed E-state index contributed by atoms with van der Waals surface area (Å²) >= 11 is 0. The van der Waals surface area contributed by atoms with Crippen molar-refractivity contribution in [1.29, 1.82) is 0 Å². The molecule has 6 aromatic rings. The van der Waals surface area contributed by atoms with E-state index in [9.17, 15) is 0 Å². The van der Waals surface area contributed by atoms with Crippen LogP contribution in [-0.2, 0) is 17.3 Å². The molecule has 0 saturated heterocycles. The number of aromatic nitrogens is 1. The maximum Gasteiger partial charge on any atom is 0.0700 e. The Kier molecular flexibility index (Phi) is 5.49. The van der Waals surface area contributed by atoms with E-state index in [1.54, 1.807) is 0 Å². The van der Waals surface area contributed by atoms with Crippen LogP contribution in [0.2, 0.25) is 0 Å². The highest BCUT2D eigenvalue weighted by Gasteiger charge is 2.43. The second kappa shape index (κ2) is 9.12. The van der Waals surface area contributed by atoms with Crippen LogP contribution in [0.15, 0.2) is 115 Å². The topological polar surface area (TPSA) is 43.0 Å². The molecule has 3 heteroatoms. The van der Waals surface area contributed by atoms with Crippen LogP contribution in [0.25, 0.3) is 44.3 Å². The molecular formula is C40H37N3. The number of fused-ring (bicyclic) bond motifs is 8. The number of hydrogen-bond acceptors (Lipinski definition) is 2. The largest absolute Gasteiger partial charge is 0.382 e. The van der Waals surface area contributed by atoms with Crippen molar-refractivity contribution < 1.29 is 0 Å². The van der Waals surface area contributed by atoms with Gasteiger partial charge in [-0.25, -0.2) is 0 Å². The molecule has 0 aliphatic heterocycles. The zero-order chi connectivity index (χ0) is 29.5. The molecule has 43 heavy (non-hydrogen) atoms. The summed E-state index contributed by atoms with van der Waals surface area (Å²) in [5.74, 6) is 7.06. The molecule has 5 aromatic carbocycles. The van der Waals surface area contributed by atoms with Gasteiger partial charge in [-0.05, 0) is 88.2 Å². The molecule has 0 amide bonds. The van der Waals surface area contributed by atoms with Crippen molar-refractivity contribution in [1.82, 2.24) is 4.68 Å².